The number of carbonyl (C=O) groups excluding carboxylic acids is 1. The van der Waals surface area contributed by atoms with Crippen molar-refractivity contribution in [3.63, 3.8) is 0 Å². The molecule has 148 valence electrons. The summed E-state index contributed by atoms with van der Waals surface area (Å²) in [6.45, 7) is 9.63. The fourth-order valence-corrected chi connectivity index (χ4v) is 3.64. The van der Waals surface area contributed by atoms with E-state index in [9.17, 15) is 4.79 Å². The second-order valence-electron chi connectivity index (χ2n) is 8.18. The number of benzene rings is 2. The molecule has 0 unspecified atom stereocenters. The van der Waals surface area contributed by atoms with E-state index in [1.807, 2.05) is 18.2 Å². The average molecular weight is 377 g/mol. The fraction of sp³-hybridized carbons (Fsp3) is 0.400. The van der Waals surface area contributed by atoms with Crippen LogP contribution in [0.3, 0.4) is 0 Å². The standard InChI is InChI=1S/C25H32N2O/c1-5-6-8-20-9-7-10-22(15-20)19(4)26-25(28)23-12-11-21-13-14-27(17-18(2)3)24(21)16-23/h7,9-16,18-19H,5-6,8,17H2,1-4H3,(H,26,28)/t19-/m0/s1. The monoisotopic (exact) mass is 376 g/mol. The summed E-state index contributed by atoms with van der Waals surface area (Å²) < 4.78 is 2.23. The van der Waals surface area contributed by atoms with Gasteiger partial charge >= 0.3 is 0 Å². The zero-order valence-electron chi connectivity index (χ0n) is 17.5. The van der Waals surface area contributed by atoms with Crippen LogP contribution < -0.4 is 5.32 Å². The van der Waals surface area contributed by atoms with Gasteiger partial charge in [0, 0.05) is 23.8 Å². The van der Waals surface area contributed by atoms with Crippen LogP contribution in [0.4, 0.5) is 0 Å². The van der Waals surface area contributed by atoms with Crippen molar-refractivity contribution < 1.29 is 4.79 Å². The molecule has 0 bridgehead atoms. The van der Waals surface area contributed by atoms with Crippen molar-refractivity contribution in [3.8, 4) is 0 Å². The molecular weight excluding hydrogens is 344 g/mol. The highest BCUT2D eigenvalue weighted by Gasteiger charge is 2.13. The molecule has 0 aliphatic heterocycles. The summed E-state index contributed by atoms with van der Waals surface area (Å²) in [5.74, 6) is 0.541. The summed E-state index contributed by atoms with van der Waals surface area (Å²) in [5, 5.41) is 4.34. The molecule has 3 nitrogen and oxygen atoms in total. The molecule has 0 aliphatic rings. The fourth-order valence-electron chi connectivity index (χ4n) is 3.64. The second-order valence-corrected chi connectivity index (χ2v) is 8.18. The zero-order chi connectivity index (χ0) is 20.1. The topological polar surface area (TPSA) is 34.0 Å². The van der Waals surface area contributed by atoms with Crippen LogP contribution in [0.25, 0.3) is 10.9 Å². The molecule has 1 amide bonds. The van der Waals surface area contributed by atoms with Gasteiger partial charge in [0.25, 0.3) is 5.91 Å². The zero-order valence-corrected chi connectivity index (χ0v) is 17.5. The Morgan fingerprint density at radius 3 is 2.64 bits per heavy atom. The third kappa shape index (κ3) is 4.83. The molecule has 0 spiro atoms. The first-order valence-electron chi connectivity index (χ1n) is 10.5. The first-order chi connectivity index (χ1) is 13.5. The van der Waals surface area contributed by atoms with Crippen molar-refractivity contribution in [2.45, 2.75) is 59.5 Å². The average Bonchev–Trinajstić information content (AvgIpc) is 3.08. The minimum atomic E-state index is -0.0225. The first-order valence-corrected chi connectivity index (χ1v) is 10.5. The summed E-state index contributed by atoms with van der Waals surface area (Å²) in [7, 11) is 0. The molecule has 2 aromatic carbocycles. The summed E-state index contributed by atoms with van der Waals surface area (Å²) in [6.07, 6.45) is 5.59. The van der Waals surface area contributed by atoms with Gasteiger partial charge in [-0.05, 0) is 60.4 Å². The maximum Gasteiger partial charge on any atom is 0.251 e. The van der Waals surface area contributed by atoms with Crippen molar-refractivity contribution in [2.75, 3.05) is 0 Å². The Bertz CT molecular complexity index is 939. The molecule has 1 aromatic heterocycles. The van der Waals surface area contributed by atoms with E-state index in [1.54, 1.807) is 0 Å². The maximum absolute atomic E-state index is 12.9. The number of hydrogen-bond donors (Lipinski definition) is 1. The van der Waals surface area contributed by atoms with E-state index >= 15 is 0 Å². The predicted octanol–water partition coefficient (Wildman–Crippen LogP) is 6.13. The van der Waals surface area contributed by atoms with Crippen molar-refractivity contribution in [2.24, 2.45) is 5.92 Å². The summed E-state index contributed by atoms with van der Waals surface area (Å²) >= 11 is 0. The van der Waals surface area contributed by atoms with Gasteiger partial charge in [-0.2, -0.15) is 0 Å². The Labute approximate surface area is 168 Å². The predicted molar refractivity (Wildman–Crippen MR) is 118 cm³/mol. The lowest BCUT2D eigenvalue weighted by Crippen LogP contribution is -2.26. The van der Waals surface area contributed by atoms with Crippen LogP contribution in [0.15, 0.2) is 54.7 Å². The number of hydrogen-bond acceptors (Lipinski definition) is 1. The van der Waals surface area contributed by atoms with Crippen molar-refractivity contribution in [1.29, 1.82) is 0 Å². The lowest BCUT2D eigenvalue weighted by Gasteiger charge is -2.16. The highest BCUT2D eigenvalue weighted by molar-refractivity contribution is 5.98. The van der Waals surface area contributed by atoms with Crippen LogP contribution in [0.2, 0.25) is 0 Å². The van der Waals surface area contributed by atoms with E-state index in [1.165, 1.54) is 23.8 Å². The Balaban J connectivity index is 1.75. The molecule has 0 saturated carbocycles. The number of nitrogens with zero attached hydrogens (tertiary/aromatic N) is 1. The molecule has 1 heterocycles. The van der Waals surface area contributed by atoms with E-state index in [-0.39, 0.29) is 11.9 Å². The van der Waals surface area contributed by atoms with Gasteiger partial charge in [-0.15, -0.1) is 0 Å². The van der Waals surface area contributed by atoms with E-state index < -0.39 is 0 Å². The lowest BCUT2D eigenvalue weighted by molar-refractivity contribution is 0.0940. The largest absolute Gasteiger partial charge is 0.347 e. The van der Waals surface area contributed by atoms with Crippen LogP contribution in [0.5, 0.6) is 0 Å². The number of nitrogens with one attached hydrogen (secondary N) is 1. The van der Waals surface area contributed by atoms with Gasteiger partial charge in [0.05, 0.1) is 6.04 Å². The molecular formula is C25H32N2O. The molecule has 1 atom stereocenters. The van der Waals surface area contributed by atoms with E-state index in [0.29, 0.717) is 11.5 Å². The Kier molecular flexibility index (Phi) is 6.56. The number of amides is 1. The maximum atomic E-state index is 12.9. The molecule has 3 aromatic rings. The molecule has 28 heavy (non-hydrogen) atoms. The first kappa shape index (κ1) is 20.2. The molecule has 0 aliphatic carbocycles. The highest BCUT2D eigenvalue weighted by atomic mass is 16.1. The third-order valence-corrected chi connectivity index (χ3v) is 5.22. The van der Waals surface area contributed by atoms with Crippen LogP contribution in [0.1, 0.15) is 68.1 Å². The van der Waals surface area contributed by atoms with Crippen molar-refractivity contribution in [3.05, 3.63) is 71.4 Å². The number of aromatic nitrogens is 1. The second kappa shape index (κ2) is 9.09. The van der Waals surface area contributed by atoms with Gasteiger partial charge in [-0.25, -0.2) is 0 Å². The van der Waals surface area contributed by atoms with Gasteiger partial charge < -0.3 is 9.88 Å². The molecule has 3 heteroatoms. The smallest absolute Gasteiger partial charge is 0.251 e. The van der Waals surface area contributed by atoms with Gasteiger partial charge in [-0.1, -0.05) is 57.5 Å². The van der Waals surface area contributed by atoms with Crippen LogP contribution in [-0.2, 0) is 13.0 Å². The molecule has 0 radical (unpaired) electrons. The number of carbonyl (C=O) groups is 1. The van der Waals surface area contributed by atoms with Gasteiger partial charge in [0.2, 0.25) is 0 Å². The third-order valence-electron chi connectivity index (χ3n) is 5.22. The SMILES string of the molecule is CCCCc1cccc([C@H](C)NC(=O)c2ccc3ccn(CC(C)C)c3c2)c1. The van der Waals surface area contributed by atoms with Crippen LogP contribution in [0, 0.1) is 5.92 Å². The molecule has 0 fully saturated rings. The molecule has 0 saturated heterocycles. The normalized spacial score (nSPS) is 12.5. The number of rotatable bonds is 8. The van der Waals surface area contributed by atoms with E-state index in [4.69, 9.17) is 0 Å². The summed E-state index contributed by atoms with van der Waals surface area (Å²) in [6, 6.07) is 16.6. The quantitative estimate of drug-likeness (QED) is 0.504. The Morgan fingerprint density at radius 1 is 1.07 bits per heavy atom. The number of unbranched alkanes of at least 4 members (excludes halogenated alkanes) is 1. The minimum Gasteiger partial charge on any atom is -0.347 e. The van der Waals surface area contributed by atoms with Crippen LogP contribution in [-0.4, -0.2) is 10.5 Å². The van der Waals surface area contributed by atoms with E-state index in [2.05, 4.69) is 74.1 Å². The van der Waals surface area contributed by atoms with Crippen molar-refractivity contribution >= 4 is 16.8 Å². The van der Waals surface area contributed by atoms with Gasteiger partial charge in [-0.3, -0.25) is 4.79 Å². The highest BCUT2D eigenvalue weighted by Crippen LogP contribution is 2.21. The Hall–Kier alpha value is -2.55. The number of fused-ring (bicyclic) bond motifs is 1. The molecule has 1 N–H and O–H groups in total. The van der Waals surface area contributed by atoms with Gasteiger partial charge in [0.1, 0.15) is 0 Å². The van der Waals surface area contributed by atoms with E-state index in [0.717, 1.165) is 24.0 Å². The summed E-state index contributed by atoms with van der Waals surface area (Å²) in [5.41, 5.74) is 4.33. The van der Waals surface area contributed by atoms with Crippen molar-refractivity contribution in [1.82, 2.24) is 9.88 Å². The number of aryl methyl sites for hydroxylation is 1. The lowest BCUT2D eigenvalue weighted by atomic mass is 10.0. The minimum absolute atomic E-state index is 0.0211. The van der Waals surface area contributed by atoms with Gasteiger partial charge in [0.15, 0.2) is 0 Å². The van der Waals surface area contributed by atoms with Crippen LogP contribution >= 0.6 is 0 Å². The Morgan fingerprint density at radius 2 is 1.89 bits per heavy atom. The summed E-state index contributed by atoms with van der Waals surface area (Å²) in [4.78, 5) is 12.9. The molecule has 3 rings (SSSR count).